The summed E-state index contributed by atoms with van der Waals surface area (Å²) in [6, 6.07) is 9.87. The zero-order chi connectivity index (χ0) is 31.1. The smallest absolute Gasteiger partial charge is 0.271 e. The average Bonchev–Trinajstić information content (AvgIpc) is 3.35. The second kappa shape index (κ2) is 11.9. The summed E-state index contributed by atoms with van der Waals surface area (Å²) in [6.45, 7) is 4.30. The number of hydrogen-bond acceptors (Lipinski definition) is 7. The number of benzene rings is 2. The minimum atomic E-state index is -4.94. The van der Waals surface area contributed by atoms with Crippen molar-refractivity contribution in [1.29, 1.82) is 0 Å². The predicted molar refractivity (Wildman–Crippen MR) is 159 cm³/mol. The molecule has 1 aliphatic heterocycles. The van der Waals surface area contributed by atoms with Crippen LogP contribution in [0.5, 0.6) is 11.5 Å². The summed E-state index contributed by atoms with van der Waals surface area (Å²) in [5.41, 5.74) is 0.502. The van der Waals surface area contributed by atoms with E-state index < -0.39 is 39.0 Å². The zero-order valence-corrected chi connectivity index (χ0v) is 25.8. The summed E-state index contributed by atoms with van der Waals surface area (Å²) in [6.07, 6.45) is 4.29. The second-order valence-electron chi connectivity index (χ2n) is 11.5. The topological polar surface area (TPSA) is 75.2 Å². The standard InChI is InChI=1S/C31H37F3N4O4S/c1-20-25(37-15-14-31(2,19-37)36(3)22-8-6-9-22)17-24(32)30(29(20)34)43(39,40)38(28-11-7-10-27(33)35-28)18-21-12-13-23(41-4)16-26(21)42-5/h7,10-13,16-17,22H,6,8-9,14-15,18-19H2,1-5H3/t31-/m1/s1. The molecule has 0 amide bonds. The molecule has 2 fully saturated rings. The number of nitrogens with zero attached hydrogens (tertiary/aromatic N) is 4. The van der Waals surface area contributed by atoms with Gasteiger partial charge in [-0.3, -0.25) is 4.90 Å². The summed E-state index contributed by atoms with van der Waals surface area (Å²) < 4.78 is 85.8. The Labute approximate surface area is 251 Å². The summed E-state index contributed by atoms with van der Waals surface area (Å²) in [5, 5.41) is 0. The molecule has 12 heteroatoms. The SMILES string of the molecule is COc1ccc(CN(c2cccc(F)n2)S(=O)(=O)c2c(F)cc(N3CC[C@@](C)(N(C)C4CCC4)C3)c(C)c2F)c(OC)c1. The van der Waals surface area contributed by atoms with Gasteiger partial charge < -0.3 is 14.4 Å². The van der Waals surface area contributed by atoms with Crippen molar-refractivity contribution in [3.05, 3.63) is 71.2 Å². The van der Waals surface area contributed by atoms with Gasteiger partial charge in [-0.15, -0.1) is 0 Å². The molecule has 232 valence electrons. The lowest BCUT2D eigenvalue weighted by molar-refractivity contribution is 0.0584. The quantitative estimate of drug-likeness (QED) is 0.271. The van der Waals surface area contributed by atoms with E-state index in [4.69, 9.17) is 9.47 Å². The third kappa shape index (κ3) is 5.74. The number of ether oxygens (including phenoxy) is 2. The molecule has 5 rings (SSSR count). The van der Waals surface area contributed by atoms with Crippen molar-refractivity contribution < 1.29 is 31.1 Å². The van der Waals surface area contributed by atoms with Crippen molar-refractivity contribution >= 4 is 21.5 Å². The van der Waals surface area contributed by atoms with Crippen molar-refractivity contribution in [1.82, 2.24) is 9.88 Å². The largest absolute Gasteiger partial charge is 0.497 e. The number of aromatic nitrogens is 1. The van der Waals surface area contributed by atoms with Crippen LogP contribution in [-0.2, 0) is 16.6 Å². The summed E-state index contributed by atoms with van der Waals surface area (Å²) in [4.78, 5) is 6.89. The second-order valence-corrected chi connectivity index (χ2v) is 13.3. The van der Waals surface area contributed by atoms with Gasteiger partial charge in [-0.25, -0.2) is 26.5 Å². The van der Waals surface area contributed by atoms with E-state index in [0.29, 0.717) is 40.4 Å². The Hall–Kier alpha value is -3.51. The number of anilines is 2. The van der Waals surface area contributed by atoms with E-state index in [2.05, 4.69) is 23.9 Å². The van der Waals surface area contributed by atoms with E-state index >= 15 is 8.78 Å². The first-order valence-corrected chi connectivity index (χ1v) is 15.7. The molecule has 0 N–H and O–H groups in total. The van der Waals surface area contributed by atoms with Crippen LogP contribution in [0.15, 0.2) is 47.4 Å². The maximum atomic E-state index is 16.1. The average molecular weight is 619 g/mol. The Morgan fingerprint density at radius 3 is 2.47 bits per heavy atom. The fourth-order valence-electron chi connectivity index (χ4n) is 5.97. The molecule has 2 aliphatic rings. The molecule has 0 radical (unpaired) electrons. The van der Waals surface area contributed by atoms with Crippen LogP contribution in [-0.4, -0.2) is 64.2 Å². The molecule has 2 aromatic carbocycles. The van der Waals surface area contributed by atoms with Gasteiger partial charge in [0.15, 0.2) is 10.7 Å². The summed E-state index contributed by atoms with van der Waals surface area (Å²) >= 11 is 0. The molecule has 0 spiro atoms. The molecule has 2 heterocycles. The van der Waals surface area contributed by atoms with Gasteiger partial charge >= 0.3 is 0 Å². The highest BCUT2D eigenvalue weighted by atomic mass is 32.2. The fourth-order valence-corrected chi connectivity index (χ4v) is 7.53. The van der Waals surface area contributed by atoms with E-state index in [0.717, 1.165) is 31.4 Å². The number of methoxy groups -OCH3 is 2. The molecule has 1 aromatic heterocycles. The van der Waals surface area contributed by atoms with Gasteiger partial charge in [0.1, 0.15) is 23.1 Å². The van der Waals surface area contributed by atoms with Crippen LogP contribution in [0.3, 0.4) is 0 Å². The Bertz CT molecular complexity index is 1620. The number of hydrogen-bond donors (Lipinski definition) is 0. The number of pyridine rings is 1. The van der Waals surface area contributed by atoms with Gasteiger partial charge in [0.05, 0.1) is 20.8 Å². The van der Waals surface area contributed by atoms with Gasteiger partial charge in [-0.2, -0.15) is 4.39 Å². The maximum Gasteiger partial charge on any atom is 0.271 e. The van der Waals surface area contributed by atoms with Gasteiger partial charge in [-0.1, -0.05) is 12.5 Å². The molecule has 1 saturated carbocycles. The molecule has 43 heavy (non-hydrogen) atoms. The van der Waals surface area contributed by atoms with E-state index in [-0.39, 0.29) is 22.7 Å². The monoisotopic (exact) mass is 618 g/mol. The van der Waals surface area contributed by atoms with Crippen LogP contribution < -0.4 is 18.7 Å². The molecule has 8 nitrogen and oxygen atoms in total. The number of likely N-dealkylation sites (N-methyl/N-ethyl adjacent to an activating group) is 1. The van der Waals surface area contributed by atoms with Crippen LogP contribution in [0.25, 0.3) is 0 Å². The van der Waals surface area contributed by atoms with Gasteiger partial charge in [0, 0.05) is 47.6 Å². The molecule has 1 saturated heterocycles. The van der Waals surface area contributed by atoms with E-state index in [1.807, 2.05) is 4.90 Å². The van der Waals surface area contributed by atoms with Crippen LogP contribution in [0.2, 0.25) is 0 Å². The lowest BCUT2D eigenvalue weighted by atomic mass is 9.87. The molecule has 3 aromatic rings. The Morgan fingerprint density at radius 1 is 1.09 bits per heavy atom. The first kappa shape index (κ1) is 30.9. The lowest BCUT2D eigenvalue weighted by Crippen LogP contribution is -2.53. The fraction of sp³-hybridized carbons (Fsp3) is 0.452. The van der Waals surface area contributed by atoms with Crippen molar-refractivity contribution in [2.45, 2.75) is 62.6 Å². The van der Waals surface area contributed by atoms with Crippen LogP contribution in [0, 0.1) is 24.5 Å². The van der Waals surface area contributed by atoms with Crippen LogP contribution >= 0.6 is 0 Å². The highest BCUT2D eigenvalue weighted by Gasteiger charge is 2.43. The molecule has 1 atom stereocenters. The number of sulfonamides is 1. The van der Waals surface area contributed by atoms with Crippen molar-refractivity contribution in [3.8, 4) is 11.5 Å². The maximum absolute atomic E-state index is 16.1. The Balaban J connectivity index is 1.54. The van der Waals surface area contributed by atoms with E-state index in [1.54, 1.807) is 18.2 Å². The number of rotatable bonds is 10. The molecular formula is C31H37F3N4O4S. The van der Waals surface area contributed by atoms with Crippen molar-refractivity contribution in [3.63, 3.8) is 0 Å². The third-order valence-corrected chi connectivity index (χ3v) is 10.8. The molecule has 0 unspecified atom stereocenters. The summed E-state index contributed by atoms with van der Waals surface area (Å²) in [5.74, 6) is -2.99. The zero-order valence-electron chi connectivity index (χ0n) is 25.0. The highest BCUT2D eigenvalue weighted by Crippen LogP contribution is 2.40. The minimum absolute atomic E-state index is 0.0182. The van der Waals surface area contributed by atoms with Gasteiger partial charge in [-0.05, 0) is 70.5 Å². The van der Waals surface area contributed by atoms with Crippen LogP contribution in [0.1, 0.15) is 43.7 Å². The first-order chi connectivity index (χ1) is 20.4. The Morgan fingerprint density at radius 2 is 1.84 bits per heavy atom. The first-order valence-electron chi connectivity index (χ1n) is 14.2. The predicted octanol–water partition coefficient (Wildman–Crippen LogP) is 5.67. The Kier molecular flexibility index (Phi) is 8.54. The highest BCUT2D eigenvalue weighted by molar-refractivity contribution is 7.92. The molecule has 0 bridgehead atoms. The molecular weight excluding hydrogens is 581 g/mol. The minimum Gasteiger partial charge on any atom is -0.497 e. The molecule has 1 aliphatic carbocycles. The summed E-state index contributed by atoms with van der Waals surface area (Å²) in [7, 11) is 0.0266. The van der Waals surface area contributed by atoms with Crippen molar-refractivity contribution in [2.75, 3.05) is 43.6 Å². The number of halogens is 3. The van der Waals surface area contributed by atoms with Gasteiger partial charge in [0.25, 0.3) is 10.0 Å². The third-order valence-electron chi connectivity index (χ3n) is 8.97. The van der Waals surface area contributed by atoms with E-state index in [1.165, 1.54) is 39.7 Å². The van der Waals surface area contributed by atoms with Crippen molar-refractivity contribution in [2.24, 2.45) is 0 Å². The van der Waals surface area contributed by atoms with Gasteiger partial charge in [0.2, 0.25) is 5.95 Å². The normalized spacial score (nSPS) is 19.0. The lowest BCUT2D eigenvalue weighted by Gasteiger charge is -2.45. The van der Waals surface area contributed by atoms with Crippen LogP contribution in [0.4, 0.5) is 24.7 Å². The van der Waals surface area contributed by atoms with E-state index in [9.17, 15) is 12.8 Å².